The van der Waals surface area contributed by atoms with Gasteiger partial charge < -0.3 is 10.6 Å². The van der Waals surface area contributed by atoms with Gasteiger partial charge in [0.1, 0.15) is 0 Å². The van der Waals surface area contributed by atoms with Crippen LogP contribution in [0.1, 0.15) is 26.7 Å². The monoisotopic (exact) mass is 406 g/mol. The molecule has 8 nitrogen and oxygen atoms in total. The minimum atomic E-state index is -0.748. The molecule has 2 aliphatic heterocycles. The molecule has 8 heteroatoms. The molecule has 4 amide bonds. The molecule has 0 fully saturated rings. The molecule has 30 heavy (non-hydrogen) atoms. The Morgan fingerprint density at radius 1 is 0.733 bits per heavy atom. The highest BCUT2D eigenvalue weighted by atomic mass is 16.2. The van der Waals surface area contributed by atoms with E-state index < -0.39 is 23.9 Å². The highest BCUT2D eigenvalue weighted by Crippen LogP contribution is 2.34. The van der Waals surface area contributed by atoms with E-state index in [4.69, 9.17) is 0 Å². The third kappa shape index (κ3) is 3.41. The molecule has 154 valence electrons. The number of rotatable bonds is 0. The van der Waals surface area contributed by atoms with Crippen molar-refractivity contribution >= 4 is 46.4 Å². The highest BCUT2D eigenvalue weighted by molar-refractivity contribution is 6.46. The van der Waals surface area contributed by atoms with Gasteiger partial charge in [0.25, 0.3) is 0 Å². The Morgan fingerprint density at radius 3 is 1.50 bits per heavy atom. The number of amides is 4. The number of nitrogens with zero attached hydrogens (tertiary/aromatic N) is 2. The van der Waals surface area contributed by atoms with Crippen LogP contribution in [0.2, 0.25) is 0 Å². The van der Waals surface area contributed by atoms with Gasteiger partial charge in [0.15, 0.2) is 0 Å². The summed E-state index contributed by atoms with van der Waals surface area (Å²) >= 11 is 0. The van der Waals surface area contributed by atoms with E-state index in [2.05, 4.69) is 10.6 Å². The van der Waals surface area contributed by atoms with Gasteiger partial charge in [-0.2, -0.15) is 0 Å². The van der Waals surface area contributed by atoms with Crippen molar-refractivity contribution in [3.05, 3.63) is 48.5 Å². The van der Waals surface area contributed by atoms with Crippen molar-refractivity contribution in [2.75, 3.05) is 20.4 Å². The second-order valence-corrected chi connectivity index (χ2v) is 7.59. The lowest BCUT2D eigenvalue weighted by Gasteiger charge is -2.32. The van der Waals surface area contributed by atoms with Gasteiger partial charge in [-0.3, -0.25) is 29.0 Å². The molecule has 2 heterocycles. The van der Waals surface area contributed by atoms with Crippen LogP contribution in [0.5, 0.6) is 0 Å². The summed E-state index contributed by atoms with van der Waals surface area (Å²) in [6.07, 6.45) is 0.139. The number of carbonyl (C=O) groups excluding carboxylic acids is 4. The zero-order valence-corrected chi connectivity index (χ0v) is 16.7. The Labute approximate surface area is 173 Å². The van der Waals surface area contributed by atoms with Crippen LogP contribution in [0.3, 0.4) is 0 Å². The average Bonchev–Trinajstić information content (AvgIpc) is 2.91. The van der Waals surface area contributed by atoms with Gasteiger partial charge >= 0.3 is 11.8 Å². The van der Waals surface area contributed by atoms with E-state index in [9.17, 15) is 19.2 Å². The Kier molecular flexibility index (Phi) is 4.99. The first kappa shape index (κ1) is 19.6. The number of anilines is 4. The quantitative estimate of drug-likeness (QED) is 0.657. The third-order valence-corrected chi connectivity index (χ3v) is 5.34. The van der Waals surface area contributed by atoms with Crippen LogP contribution in [-0.2, 0) is 19.2 Å². The smallest absolute Gasteiger partial charge is 0.317 e. The molecule has 0 saturated carbocycles. The SMILES string of the molecule is CC1CC(=O)Nc2ccccc2N1C(=O)C(=O)N1c2ccccc2NC(=O)CC1C. The number of benzene rings is 2. The third-order valence-electron chi connectivity index (χ3n) is 5.34. The molecule has 0 radical (unpaired) electrons. The summed E-state index contributed by atoms with van der Waals surface area (Å²) in [5.41, 5.74) is 1.90. The van der Waals surface area contributed by atoms with Crippen LogP contribution >= 0.6 is 0 Å². The maximum Gasteiger partial charge on any atom is 0.317 e. The van der Waals surface area contributed by atoms with E-state index in [0.29, 0.717) is 22.7 Å². The Bertz CT molecular complexity index is 967. The zero-order chi connectivity index (χ0) is 21.4. The molecule has 0 aromatic heterocycles. The van der Waals surface area contributed by atoms with E-state index in [0.717, 1.165) is 0 Å². The highest BCUT2D eigenvalue weighted by Gasteiger charge is 2.39. The van der Waals surface area contributed by atoms with E-state index in [1.54, 1.807) is 62.4 Å². The van der Waals surface area contributed by atoms with Crippen molar-refractivity contribution in [3.63, 3.8) is 0 Å². The minimum Gasteiger partial charge on any atom is -0.324 e. The van der Waals surface area contributed by atoms with Crippen LogP contribution in [0, 0.1) is 0 Å². The molecule has 2 unspecified atom stereocenters. The average molecular weight is 406 g/mol. The van der Waals surface area contributed by atoms with Gasteiger partial charge in [0.05, 0.1) is 22.7 Å². The van der Waals surface area contributed by atoms with Gasteiger partial charge in [0, 0.05) is 24.9 Å². The van der Waals surface area contributed by atoms with Crippen LogP contribution in [0.4, 0.5) is 22.7 Å². The molecule has 0 bridgehead atoms. The Balaban J connectivity index is 1.75. The maximum absolute atomic E-state index is 13.5. The molecule has 2 aliphatic rings. The fraction of sp³-hybridized carbons (Fsp3) is 0.273. The molecule has 0 aliphatic carbocycles. The molecular formula is C22H22N4O4. The van der Waals surface area contributed by atoms with Gasteiger partial charge in [-0.15, -0.1) is 0 Å². The van der Waals surface area contributed by atoms with Crippen LogP contribution in [0.25, 0.3) is 0 Å². The topological polar surface area (TPSA) is 98.8 Å². The fourth-order valence-electron chi connectivity index (χ4n) is 4.00. The lowest BCUT2D eigenvalue weighted by molar-refractivity contribution is -0.136. The van der Waals surface area contributed by atoms with E-state index in [-0.39, 0.29) is 24.7 Å². The predicted molar refractivity (Wildman–Crippen MR) is 113 cm³/mol. The van der Waals surface area contributed by atoms with Crippen LogP contribution in [-0.4, -0.2) is 35.7 Å². The lowest BCUT2D eigenvalue weighted by Crippen LogP contribution is -2.51. The van der Waals surface area contributed by atoms with Crippen molar-refractivity contribution in [1.29, 1.82) is 0 Å². The van der Waals surface area contributed by atoms with Gasteiger partial charge in [-0.25, -0.2) is 0 Å². The van der Waals surface area contributed by atoms with Crippen molar-refractivity contribution in [3.8, 4) is 0 Å². The lowest BCUT2D eigenvalue weighted by atomic mass is 10.1. The predicted octanol–water partition coefficient (Wildman–Crippen LogP) is 2.51. The van der Waals surface area contributed by atoms with E-state index in [1.165, 1.54) is 9.80 Å². The number of para-hydroxylation sites is 4. The first-order valence-electron chi connectivity index (χ1n) is 9.81. The normalized spacial score (nSPS) is 20.9. The Hall–Kier alpha value is -3.68. The first-order chi connectivity index (χ1) is 14.4. The number of carbonyl (C=O) groups is 4. The molecular weight excluding hydrogens is 384 g/mol. The maximum atomic E-state index is 13.5. The van der Waals surface area contributed by atoms with Crippen molar-refractivity contribution < 1.29 is 19.2 Å². The number of nitrogens with one attached hydrogen (secondary N) is 2. The second-order valence-electron chi connectivity index (χ2n) is 7.59. The van der Waals surface area contributed by atoms with Crippen molar-refractivity contribution in [1.82, 2.24) is 0 Å². The van der Waals surface area contributed by atoms with E-state index in [1.807, 2.05) is 0 Å². The first-order valence-corrected chi connectivity index (χ1v) is 9.81. The summed E-state index contributed by atoms with van der Waals surface area (Å²) in [7, 11) is 0. The van der Waals surface area contributed by atoms with Crippen molar-refractivity contribution in [2.24, 2.45) is 0 Å². The van der Waals surface area contributed by atoms with Gasteiger partial charge in [-0.1, -0.05) is 24.3 Å². The molecule has 2 aromatic rings. The standard InChI is InChI=1S/C22H22N4O4/c1-13-11-19(27)23-15-7-3-5-9-17(15)25(13)21(29)22(30)26-14(2)12-20(28)24-16-8-4-6-10-18(16)26/h3-10,13-14H,11-12H2,1-2H3,(H,23,27)(H,24,28). The van der Waals surface area contributed by atoms with Crippen molar-refractivity contribution in [2.45, 2.75) is 38.8 Å². The van der Waals surface area contributed by atoms with Gasteiger partial charge in [0.2, 0.25) is 11.8 Å². The summed E-state index contributed by atoms with van der Waals surface area (Å²) in [4.78, 5) is 54.1. The largest absolute Gasteiger partial charge is 0.324 e. The summed E-state index contributed by atoms with van der Waals surface area (Å²) in [5, 5.41) is 5.57. The Morgan fingerprint density at radius 2 is 1.10 bits per heavy atom. The second kappa shape index (κ2) is 7.62. The number of hydrogen-bond acceptors (Lipinski definition) is 4. The molecule has 2 N–H and O–H groups in total. The van der Waals surface area contributed by atoms with Gasteiger partial charge in [-0.05, 0) is 38.1 Å². The molecule has 4 rings (SSSR count). The molecule has 0 saturated heterocycles. The summed E-state index contributed by atoms with van der Waals surface area (Å²) in [5.74, 6) is -1.94. The number of fused-ring (bicyclic) bond motifs is 2. The summed E-state index contributed by atoms with van der Waals surface area (Å²) < 4.78 is 0. The fourth-order valence-corrected chi connectivity index (χ4v) is 4.00. The molecule has 0 spiro atoms. The molecule has 2 atom stereocenters. The summed E-state index contributed by atoms with van der Waals surface area (Å²) in [6, 6.07) is 12.8. The summed E-state index contributed by atoms with van der Waals surface area (Å²) in [6.45, 7) is 3.47. The minimum absolute atomic E-state index is 0.0693. The van der Waals surface area contributed by atoms with Crippen LogP contribution in [0.15, 0.2) is 48.5 Å². The zero-order valence-electron chi connectivity index (χ0n) is 16.7. The number of hydrogen-bond donors (Lipinski definition) is 2. The van der Waals surface area contributed by atoms with E-state index >= 15 is 0 Å². The van der Waals surface area contributed by atoms with Crippen LogP contribution < -0.4 is 20.4 Å². The molecule has 2 aromatic carbocycles.